The minimum absolute atomic E-state index is 0.391. The molecule has 5 rings (SSSR count). The molecule has 0 unspecified atom stereocenters. The molecule has 4 aromatic carbocycles. The Morgan fingerprint density at radius 3 is 2.21 bits per heavy atom. The Hall–Kier alpha value is -4.45. The fourth-order valence-corrected chi connectivity index (χ4v) is 3.61. The number of hydrogen-bond donors (Lipinski definition) is 0. The van der Waals surface area contributed by atoms with Crippen molar-refractivity contribution in [2.75, 3.05) is 0 Å². The number of hydrogen-bond acceptors (Lipinski definition) is 5. The van der Waals surface area contributed by atoms with Gasteiger partial charge in [-0.25, -0.2) is 4.79 Å². The lowest BCUT2D eigenvalue weighted by molar-refractivity contribution is 0.0734. The summed E-state index contributed by atoms with van der Waals surface area (Å²) >= 11 is 0. The van der Waals surface area contributed by atoms with Crippen molar-refractivity contribution in [3.63, 3.8) is 0 Å². The first-order chi connectivity index (χ1) is 16.5. The predicted molar refractivity (Wildman–Crippen MR) is 131 cm³/mol. The molecule has 0 bridgehead atoms. The van der Waals surface area contributed by atoms with E-state index in [1.165, 1.54) is 4.80 Å². The summed E-state index contributed by atoms with van der Waals surface area (Å²) in [6, 6.07) is 28.3. The Bertz CT molecular complexity index is 1440. The van der Waals surface area contributed by atoms with Crippen molar-refractivity contribution in [3.05, 3.63) is 113 Å². The van der Waals surface area contributed by atoms with E-state index in [9.17, 15) is 4.79 Å². The number of esters is 1. The number of benzene rings is 4. The van der Waals surface area contributed by atoms with E-state index in [1.807, 2.05) is 86.6 Å². The van der Waals surface area contributed by atoms with Gasteiger partial charge in [0.15, 0.2) is 5.75 Å². The zero-order valence-corrected chi connectivity index (χ0v) is 18.9. The fraction of sp³-hybridized carbons (Fsp3) is 0.107. The lowest BCUT2D eigenvalue weighted by atomic mass is 10.1. The molecule has 0 saturated carbocycles. The van der Waals surface area contributed by atoms with Gasteiger partial charge in [0.05, 0.1) is 5.56 Å². The highest BCUT2D eigenvalue weighted by Crippen LogP contribution is 2.25. The van der Waals surface area contributed by atoms with Crippen molar-refractivity contribution >= 4 is 17.0 Å². The van der Waals surface area contributed by atoms with Crippen LogP contribution in [0, 0.1) is 13.8 Å². The number of nitrogens with zero attached hydrogens (tertiary/aromatic N) is 3. The number of aryl methyl sites for hydroxylation is 2. The van der Waals surface area contributed by atoms with Gasteiger partial charge in [0.1, 0.15) is 29.1 Å². The number of aromatic nitrogens is 3. The first-order valence-electron chi connectivity index (χ1n) is 11.0. The monoisotopic (exact) mass is 449 g/mol. The molecule has 34 heavy (non-hydrogen) atoms. The zero-order chi connectivity index (χ0) is 23.5. The lowest BCUT2D eigenvalue weighted by Crippen LogP contribution is -2.11. The highest BCUT2D eigenvalue weighted by molar-refractivity contribution is 5.91. The Morgan fingerprint density at radius 2 is 1.50 bits per heavy atom. The average molecular weight is 450 g/mol. The number of carbonyl (C=O) groups is 1. The van der Waals surface area contributed by atoms with Crippen molar-refractivity contribution in [1.82, 2.24) is 15.0 Å². The topological polar surface area (TPSA) is 66.2 Å². The molecule has 0 aliphatic heterocycles. The van der Waals surface area contributed by atoms with E-state index >= 15 is 0 Å². The van der Waals surface area contributed by atoms with Crippen LogP contribution < -0.4 is 9.47 Å². The smallest absolute Gasteiger partial charge is 0.343 e. The summed E-state index contributed by atoms with van der Waals surface area (Å²) in [5.74, 6) is 0.756. The van der Waals surface area contributed by atoms with Gasteiger partial charge >= 0.3 is 5.97 Å². The average Bonchev–Trinajstić information content (AvgIpc) is 3.28. The molecule has 6 heteroatoms. The standard InChI is InChI=1S/C28H23N3O3/c1-19-6-5-7-23(16-19)33-18-21-11-13-22(14-12-21)28(32)34-27-15-10-20(2)17-26(27)31-29-24-8-3-4-9-25(24)30-31/h3-17H,18H2,1-2H3. The molecule has 6 nitrogen and oxygen atoms in total. The van der Waals surface area contributed by atoms with E-state index in [0.717, 1.165) is 33.5 Å². The minimum Gasteiger partial charge on any atom is -0.489 e. The molecule has 0 fully saturated rings. The van der Waals surface area contributed by atoms with Gasteiger partial charge in [-0.15, -0.1) is 15.0 Å². The molecule has 0 amide bonds. The van der Waals surface area contributed by atoms with Crippen molar-refractivity contribution in [2.45, 2.75) is 20.5 Å². The molecule has 0 aliphatic rings. The Labute approximate surface area is 197 Å². The zero-order valence-electron chi connectivity index (χ0n) is 18.9. The van der Waals surface area contributed by atoms with Gasteiger partial charge in [-0.05, 0) is 79.1 Å². The van der Waals surface area contributed by atoms with Gasteiger partial charge in [0, 0.05) is 0 Å². The van der Waals surface area contributed by atoms with Gasteiger partial charge in [0.25, 0.3) is 0 Å². The third-order valence-corrected chi connectivity index (χ3v) is 5.40. The SMILES string of the molecule is Cc1cccc(OCc2ccc(C(=O)Oc3ccc(C)cc3-n3nc4ccccc4n3)cc2)c1. The first-order valence-corrected chi connectivity index (χ1v) is 11.0. The third-order valence-electron chi connectivity index (χ3n) is 5.40. The van der Waals surface area contributed by atoms with Crippen LogP contribution in [0.4, 0.5) is 0 Å². The van der Waals surface area contributed by atoms with Crippen LogP contribution in [-0.4, -0.2) is 21.0 Å². The Kier molecular flexibility index (Phi) is 5.79. The maximum atomic E-state index is 12.9. The van der Waals surface area contributed by atoms with Crippen molar-refractivity contribution < 1.29 is 14.3 Å². The summed E-state index contributed by atoms with van der Waals surface area (Å²) in [4.78, 5) is 14.4. The number of carbonyl (C=O) groups excluding carboxylic acids is 1. The molecule has 0 saturated heterocycles. The van der Waals surface area contributed by atoms with E-state index in [0.29, 0.717) is 23.6 Å². The van der Waals surface area contributed by atoms with Crippen LogP contribution in [0.3, 0.4) is 0 Å². The molecule has 0 radical (unpaired) electrons. The first kappa shape index (κ1) is 21.4. The summed E-state index contributed by atoms with van der Waals surface area (Å²) in [7, 11) is 0. The van der Waals surface area contributed by atoms with E-state index in [2.05, 4.69) is 10.2 Å². The van der Waals surface area contributed by atoms with Crippen LogP contribution in [-0.2, 0) is 6.61 Å². The molecular weight excluding hydrogens is 426 g/mol. The second-order valence-electron chi connectivity index (χ2n) is 8.14. The summed E-state index contributed by atoms with van der Waals surface area (Å²) in [6.45, 7) is 4.41. The van der Waals surface area contributed by atoms with Gasteiger partial charge in [-0.1, -0.05) is 42.5 Å². The lowest BCUT2D eigenvalue weighted by Gasteiger charge is -2.11. The summed E-state index contributed by atoms with van der Waals surface area (Å²) in [5, 5.41) is 9.06. The normalized spacial score (nSPS) is 10.9. The molecular formula is C28H23N3O3. The van der Waals surface area contributed by atoms with Crippen LogP contribution in [0.2, 0.25) is 0 Å². The summed E-state index contributed by atoms with van der Waals surface area (Å²) in [6.07, 6.45) is 0. The quantitative estimate of drug-likeness (QED) is 0.241. The van der Waals surface area contributed by atoms with Gasteiger partial charge in [-0.3, -0.25) is 0 Å². The van der Waals surface area contributed by atoms with Crippen LogP contribution >= 0.6 is 0 Å². The second-order valence-corrected chi connectivity index (χ2v) is 8.14. The predicted octanol–water partition coefficient (Wildman–Crippen LogP) is 5.84. The molecule has 168 valence electrons. The molecule has 0 aliphatic carbocycles. The number of fused-ring (bicyclic) bond motifs is 1. The van der Waals surface area contributed by atoms with E-state index in [1.54, 1.807) is 18.2 Å². The van der Waals surface area contributed by atoms with Crippen LogP contribution in [0.5, 0.6) is 11.5 Å². The van der Waals surface area contributed by atoms with Crippen molar-refractivity contribution in [3.8, 4) is 17.2 Å². The Balaban J connectivity index is 1.32. The van der Waals surface area contributed by atoms with Gasteiger partial charge in [-0.2, -0.15) is 0 Å². The Morgan fingerprint density at radius 1 is 0.794 bits per heavy atom. The van der Waals surface area contributed by atoms with Crippen LogP contribution in [0.25, 0.3) is 16.7 Å². The van der Waals surface area contributed by atoms with Crippen LogP contribution in [0.15, 0.2) is 91.0 Å². The second kappa shape index (κ2) is 9.19. The summed E-state index contributed by atoms with van der Waals surface area (Å²) < 4.78 is 11.6. The highest BCUT2D eigenvalue weighted by atomic mass is 16.5. The number of rotatable bonds is 6. The minimum atomic E-state index is -0.451. The molecule has 0 N–H and O–H groups in total. The largest absolute Gasteiger partial charge is 0.489 e. The summed E-state index contributed by atoms with van der Waals surface area (Å²) in [5.41, 5.74) is 5.70. The van der Waals surface area contributed by atoms with Crippen molar-refractivity contribution in [2.24, 2.45) is 0 Å². The van der Waals surface area contributed by atoms with E-state index < -0.39 is 5.97 Å². The maximum Gasteiger partial charge on any atom is 0.343 e. The van der Waals surface area contributed by atoms with E-state index in [-0.39, 0.29) is 0 Å². The molecule has 1 heterocycles. The maximum absolute atomic E-state index is 12.9. The highest BCUT2D eigenvalue weighted by Gasteiger charge is 2.15. The van der Waals surface area contributed by atoms with Gasteiger partial charge in [0.2, 0.25) is 0 Å². The molecule has 5 aromatic rings. The van der Waals surface area contributed by atoms with Crippen LogP contribution in [0.1, 0.15) is 27.0 Å². The molecule has 0 spiro atoms. The third kappa shape index (κ3) is 4.66. The van der Waals surface area contributed by atoms with Crippen molar-refractivity contribution in [1.29, 1.82) is 0 Å². The molecule has 0 atom stereocenters. The number of ether oxygens (including phenoxy) is 2. The van der Waals surface area contributed by atoms with Gasteiger partial charge < -0.3 is 9.47 Å². The molecule has 1 aromatic heterocycles. The van der Waals surface area contributed by atoms with E-state index in [4.69, 9.17) is 9.47 Å². The fourth-order valence-electron chi connectivity index (χ4n) is 3.61.